The van der Waals surface area contributed by atoms with Crippen LogP contribution in [0.15, 0.2) is 88.2 Å². The van der Waals surface area contributed by atoms with Crippen molar-refractivity contribution in [3.63, 3.8) is 0 Å². The molecule has 0 radical (unpaired) electrons. The molecular weight excluding hydrogens is 448 g/mol. The molecule has 0 saturated carbocycles. The molecule has 35 heavy (non-hydrogen) atoms. The van der Waals surface area contributed by atoms with Gasteiger partial charge in [-0.3, -0.25) is 0 Å². The van der Waals surface area contributed by atoms with E-state index in [1.165, 1.54) is 32.1 Å². The molecule has 3 heteroatoms. The zero-order chi connectivity index (χ0) is 25.8. The Morgan fingerprint density at radius 2 is 1.11 bits per heavy atom. The van der Waals surface area contributed by atoms with E-state index in [-0.39, 0.29) is 21.7 Å². The van der Waals surface area contributed by atoms with E-state index >= 15 is 0 Å². The molecule has 3 aromatic carbocycles. The fourth-order valence-corrected chi connectivity index (χ4v) is 6.34. The van der Waals surface area contributed by atoms with Crippen molar-refractivity contribution in [3.05, 3.63) is 95.8 Å². The van der Waals surface area contributed by atoms with Gasteiger partial charge in [-0.2, -0.15) is 0 Å². The number of hydrogen-bond acceptors (Lipinski definition) is 2. The molecule has 0 bridgehead atoms. The van der Waals surface area contributed by atoms with Gasteiger partial charge in [0.25, 0.3) is 0 Å². The highest BCUT2D eigenvalue weighted by Gasteiger charge is 2.31. The lowest BCUT2D eigenvalue weighted by molar-refractivity contribution is 0.178. The van der Waals surface area contributed by atoms with E-state index in [0.29, 0.717) is 13.2 Å². The summed E-state index contributed by atoms with van der Waals surface area (Å²) in [6, 6.07) is 23.0. The van der Waals surface area contributed by atoms with Crippen LogP contribution >= 0.6 is 0 Å². The highest BCUT2D eigenvalue weighted by Crippen LogP contribution is 2.37. The van der Waals surface area contributed by atoms with Gasteiger partial charge in [-0.05, 0) is 71.2 Å². The lowest BCUT2D eigenvalue weighted by Gasteiger charge is -2.20. The summed E-state index contributed by atoms with van der Waals surface area (Å²) < 4.78 is 11.3. The first-order valence-corrected chi connectivity index (χ1v) is 13.6. The average Bonchev–Trinajstić information content (AvgIpc) is 2.78. The minimum Gasteiger partial charge on any atom is -0.498 e. The molecule has 0 N–H and O–H groups in total. The first-order chi connectivity index (χ1) is 16.4. The zero-order valence-electron chi connectivity index (χ0n) is 22.7. The van der Waals surface area contributed by atoms with Crippen LogP contribution in [0.25, 0.3) is 0 Å². The van der Waals surface area contributed by atoms with Crippen molar-refractivity contribution in [2.75, 3.05) is 13.2 Å². The van der Waals surface area contributed by atoms with Crippen LogP contribution in [0.1, 0.15) is 63.8 Å². The Hall–Kier alpha value is -2.65. The smallest absolute Gasteiger partial charge is 0.167 e. The van der Waals surface area contributed by atoms with E-state index in [0.717, 1.165) is 16.9 Å². The van der Waals surface area contributed by atoms with Gasteiger partial charge in [-0.1, -0.05) is 72.4 Å². The lowest BCUT2D eigenvalue weighted by atomic mass is 9.87. The Balaban J connectivity index is 2.05. The Bertz CT molecular complexity index is 1050. The molecule has 0 aliphatic rings. The molecule has 0 unspecified atom stereocenters. The molecule has 0 fully saturated rings. The molecule has 0 heterocycles. The molecule has 0 aliphatic heterocycles. The molecule has 2 nitrogen and oxygen atoms in total. The molecule has 0 amide bonds. The third-order valence-electron chi connectivity index (χ3n) is 6.15. The molecule has 0 spiro atoms. The predicted octanol–water partition coefficient (Wildman–Crippen LogP) is 8.53. The Kier molecular flexibility index (Phi) is 8.43. The van der Waals surface area contributed by atoms with Crippen LogP contribution in [0.5, 0.6) is 5.75 Å². The molecule has 0 saturated heterocycles. The summed E-state index contributed by atoms with van der Waals surface area (Å²) in [5.41, 5.74) is 5.26. The van der Waals surface area contributed by atoms with Crippen molar-refractivity contribution in [2.45, 2.75) is 80.9 Å². The van der Waals surface area contributed by atoms with Gasteiger partial charge in [0.1, 0.15) is 19.0 Å². The topological polar surface area (TPSA) is 18.5 Å². The van der Waals surface area contributed by atoms with E-state index in [2.05, 4.69) is 123 Å². The summed E-state index contributed by atoms with van der Waals surface area (Å²) in [7, 11) is -0.216. The standard InChI is InChI=1S/C32H41O2S/c1-10-33-19-20-34-30-23(2)21-29(22-24(30)3)35(27-15-11-25(12-16-27)31(4,5)6)28-17-13-26(14-18-28)32(7,8)9/h10-18,21-22H,1,19-20H2,2-9H3/q+1. The van der Waals surface area contributed by atoms with E-state index in [1.807, 2.05) is 0 Å². The summed E-state index contributed by atoms with van der Waals surface area (Å²) in [6.07, 6.45) is 1.45. The highest BCUT2D eigenvalue weighted by molar-refractivity contribution is 7.97. The van der Waals surface area contributed by atoms with Crippen LogP contribution in [0.3, 0.4) is 0 Å². The molecular formula is C32H41O2S+. The Morgan fingerprint density at radius 3 is 1.49 bits per heavy atom. The van der Waals surface area contributed by atoms with Crippen molar-refractivity contribution in [2.24, 2.45) is 0 Å². The number of rotatable bonds is 8. The van der Waals surface area contributed by atoms with E-state index in [4.69, 9.17) is 9.47 Å². The van der Waals surface area contributed by atoms with Gasteiger partial charge in [0, 0.05) is 12.1 Å². The Labute approximate surface area is 215 Å². The van der Waals surface area contributed by atoms with Crippen molar-refractivity contribution in [1.82, 2.24) is 0 Å². The predicted molar refractivity (Wildman–Crippen MR) is 150 cm³/mol. The van der Waals surface area contributed by atoms with Gasteiger partial charge in [0.2, 0.25) is 0 Å². The summed E-state index contributed by atoms with van der Waals surface area (Å²) in [5, 5.41) is 0. The Morgan fingerprint density at radius 1 is 0.686 bits per heavy atom. The summed E-state index contributed by atoms with van der Waals surface area (Å²) in [4.78, 5) is 3.96. The number of benzene rings is 3. The monoisotopic (exact) mass is 489 g/mol. The summed E-state index contributed by atoms with van der Waals surface area (Å²) in [6.45, 7) is 22.4. The van der Waals surface area contributed by atoms with Crippen LogP contribution in [0.2, 0.25) is 0 Å². The van der Waals surface area contributed by atoms with Crippen LogP contribution in [-0.4, -0.2) is 13.2 Å². The van der Waals surface area contributed by atoms with Gasteiger partial charge in [0.05, 0.1) is 17.2 Å². The molecule has 3 aromatic rings. The van der Waals surface area contributed by atoms with Crippen LogP contribution in [0, 0.1) is 13.8 Å². The molecule has 0 aromatic heterocycles. The number of ether oxygens (including phenoxy) is 2. The van der Waals surface area contributed by atoms with E-state index in [1.54, 1.807) is 0 Å². The van der Waals surface area contributed by atoms with Crippen molar-refractivity contribution < 1.29 is 9.47 Å². The average molecular weight is 490 g/mol. The second kappa shape index (κ2) is 11.0. The first-order valence-electron chi connectivity index (χ1n) is 12.3. The van der Waals surface area contributed by atoms with Gasteiger partial charge in [0.15, 0.2) is 14.7 Å². The summed E-state index contributed by atoms with van der Waals surface area (Å²) in [5.74, 6) is 0.941. The largest absolute Gasteiger partial charge is 0.498 e. The SMILES string of the molecule is C=COCCOc1c(C)cc([S+](c2ccc(C(C)(C)C)cc2)c2ccc(C(C)(C)C)cc2)cc1C. The fraction of sp³-hybridized carbons (Fsp3) is 0.375. The maximum Gasteiger partial charge on any atom is 0.167 e. The zero-order valence-corrected chi connectivity index (χ0v) is 23.5. The third-order valence-corrected chi connectivity index (χ3v) is 8.34. The first kappa shape index (κ1) is 26.9. The molecule has 186 valence electrons. The maximum atomic E-state index is 6.05. The van der Waals surface area contributed by atoms with Crippen molar-refractivity contribution in [1.29, 1.82) is 0 Å². The van der Waals surface area contributed by atoms with E-state index in [9.17, 15) is 0 Å². The van der Waals surface area contributed by atoms with Gasteiger partial charge in [-0.25, -0.2) is 0 Å². The van der Waals surface area contributed by atoms with Crippen LogP contribution in [0.4, 0.5) is 0 Å². The molecule has 0 atom stereocenters. The lowest BCUT2D eigenvalue weighted by Crippen LogP contribution is -2.13. The second-order valence-electron chi connectivity index (χ2n) is 11.1. The minimum absolute atomic E-state index is 0.132. The number of aryl methyl sites for hydroxylation is 2. The quantitative estimate of drug-likeness (QED) is 0.179. The maximum absolute atomic E-state index is 6.05. The summed E-state index contributed by atoms with van der Waals surface area (Å²) >= 11 is 0. The molecule has 3 rings (SSSR count). The number of hydrogen-bond donors (Lipinski definition) is 0. The van der Waals surface area contributed by atoms with Gasteiger partial charge >= 0.3 is 0 Å². The molecule has 0 aliphatic carbocycles. The normalized spacial score (nSPS) is 12.0. The van der Waals surface area contributed by atoms with Gasteiger partial charge < -0.3 is 9.47 Å². The van der Waals surface area contributed by atoms with Gasteiger partial charge in [-0.15, -0.1) is 0 Å². The third kappa shape index (κ3) is 6.73. The van der Waals surface area contributed by atoms with Crippen molar-refractivity contribution >= 4 is 10.9 Å². The van der Waals surface area contributed by atoms with E-state index < -0.39 is 0 Å². The highest BCUT2D eigenvalue weighted by atomic mass is 32.2. The van der Waals surface area contributed by atoms with Crippen LogP contribution < -0.4 is 4.74 Å². The van der Waals surface area contributed by atoms with Crippen LogP contribution in [-0.2, 0) is 26.5 Å². The van der Waals surface area contributed by atoms with Crippen molar-refractivity contribution in [3.8, 4) is 5.75 Å². The fourth-order valence-electron chi connectivity index (χ4n) is 4.12. The minimum atomic E-state index is -0.216. The second-order valence-corrected chi connectivity index (χ2v) is 13.2.